The summed E-state index contributed by atoms with van der Waals surface area (Å²) >= 11 is 12.4. The summed E-state index contributed by atoms with van der Waals surface area (Å²) in [6, 6.07) is 19.2. The van der Waals surface area contributed by atoms with Crippen molar-refractivity contribution >= 4 is 44.9 Å². The van der Waals surface area contributed by atoms with Gasteiger partial charge >= 0.3 is 0 Å². The van der Waals surface area contributed by atoms with Crippen molar-refractivity contribution in [1.82, 2.24) is 9.78 Å². The first-order valence-electron chi connectivity index (χ1n) is 9.46. The number of nitrogens with zero attached hydrogens (tertiary/aromatic N) is 2. The van der Waals surface area contributed by atoms with E-state index in [2.05, 4.69) is 5.10 Å². The van der Waals surface area contributed by atoms with Crippen LogP contribution in [0.1, 0.15) is 5.56 Å². The van der Waals surface area contributed by atoms with Crippen molar-refractivity contribution in [2.45, 2.75) is 6.92 Å². The molecule has 0 aliphatic rings. The van der Waals surface area contributed by atoms with Gasteiger partial charge in [0.1, 0.15) is 5.69 Å². The minimum absolute atomic E-state index is 0.222. The van der Waals surface area contributed by atoms with E-state index >= 15 is 0 Å². The fourth-order valence-corrected chi connectivity index (χ4v) is 4.18. The highest BCUT2D eigenvalue weighted by atomic mass is 35.5. The predicted octanol–water partition coefficient (Wildman–Crippen LogP) is 5.77. The van der Waals surface area contributed by atoms with Crippen LogP contribution in [0.3, 0.4) is 0 Å². The number of hydrogen-bond donors (Lipinski definition) is 0. The van der Waals surface area contributed by atoms with Gasteiger partial charge in [0.2, 0.25) is 0 Å². The summed E-state index contributed by atoms with van der Waals surface area (Å²) in [4.78, 5) is 26.3. The van der Waals surface area contributed by atoms with Gasteiger partial charge in [-0.1, -0.05) is 59.6 Å². The average molecular weight is 449 g/mol. The Morgan fingerprint density at radius 2 is 1.55 bits per heavy atom. The SMILES string of the molecule is Cc1c(-c2nn(-c3ccccc3)c(=O)c3ccccc23)oc2c(Cl)cc(Cl)cc2c1=O. The van der Waals surface area contributed by atoms with Gasteiger partial charge in [-0.05, 0) is 37.3 Å². The molecule has 0 atom stereocenters. The Balaban J connectivity index is 1.93. The molecule has 5 aromatic rings. The van der Waals surface area contributed by atoms with Crippen molar-refractivity contribution in [1.29, 1.82) is 0 Å². The summed E-state index contributed by atoms with van der Waals surface area (Å²) in [6.07, 6.45) is 0. The average Bonchev–Trinajstić information content (AvgIpc) is 2.78. The third-order valence-electron chi connectivity index (χ3n) is 5.16. The van der Waals surface area contributed by atoms with Crippen LogP contribution in [0.5, 0.6) is 0 Å². The number of fused-ring (bicyclic) bond motifs is 2. The van der Waals surface area contributed by atoms with E-state index in [9.17, 15) is 9.59 Å². The first-order valence-corrected chi connectivity index (χ1v) is 10.2. The van der Waals surface area contributed by atoms with Crippen LogP contribution in [0.4, 0.5) is 0 Å². The van der Waals surface area contributed by atoms with Crippen LogP contribution < -0.4 is 11.0 Å². The molecule has 0 fully saturated rings. The second-order valence-corrected chi connectivity index (χ2v) is 7.94. The molecule has 0 unspecified atom stereocenters. The smallest absolute Gasteiger partial charge is 0.279 e. The van der Waals surface area contributed by atoms with Gasteiger partial charge in [-0.25, -0.2) is 0 Å². The van der Waals surface area contributed by atoms with Crippen LogP contribution in [0.2, 0.25) is 10.0 Å². The van der Waals surface area contributed by atoms with E-state index < -0.39 is 0 Å². The van der Waals surface area contributed by atoms with Gasteiger partial charge in [0.25, 0.3) is 5.56 Å². The molecule has 0 N–H and O–H groups in total. The maximum Gasteiger partial charge on any atom is 0.279 e. The van der Waals surface area contributed by atoms with E-state index in [1.165, 1.54) is 16.8 Å². The van der Waals surface area contributed by atoms with Crippen LogP contribution >= 0.6 is 23.2 Å². The summed E-state index contributed by atoms with van der Waals surface area (Å²) in [5.41, 5.74) is 1.02. The van der Waals surface area contributed by atoms with Crippen LogP contribution in [0.25, 0.3) is 38.9 Å². The standard InChI is InChI=1S/C24H14Cl2N2O3/c1-13-21(29)18-11-14(25)12-19(26)23(18)31-22(13)20-16-9-5-6-10-17(16)24(30)28(27-20)15-7-3-2-4-8-15/h2-12H,1H3. The molecule has 3 aromatic carbocycles. The first kappa shape index (κ1) is 19.5. The molecular formula is C24H14Cl2N2O3. The molecule has 0 amide bonds. The molecule has 0 aliphatic heterocycles. The molecule has 0 aliphatic carbocycles. The molecule has 0 radical (unpaired) electrons. The minimum Gasteiger partial charge on any atom is -0.452 e. The Kier molecular flexibility index (Phi) is 4.65. The van der Waals surface area contributed by atoms with E-state index in [4.69, 9.17) is 27.6 Å². The number of aromatic nitrogens is 2. The second kappa shape index (κ2) is 7.38. The van der Waals surface area contributed by atoms with Gasteiger partial charge in [-0.15, -0.1) is 0 Å². The summed E-state index contributed by atoms with van der Waals surface area (Å²) in [7, 11) is 0. The molecule has 5 rings (SSSR count). The minimum atomic E-state index is -0.267. The molecule has 0 spiro atoms. The van der Waals surface area contributed by atoms with Crippen LogP contribution in [0.15, 0.2) is 80.7 Å². The molecular weight excluding hydrogens is 435 g/mol. The van der Waals surface area contributed by atoms with Gasteiger partial charge in [0, 0.05) is 16.0 Å². The summed E-state index contributed by atoms with van der Waals surface area (Å²) in [5, 5.41) is 6.50. The fraction of sp³-hybridized carbons (Fsp3) is 0.0417. The molecule has 0 saturated heterocycles. The molecule has 0 bridgehead atoms. The van der Waals surface area contributed by atoms with Gasteiger partial charge in [0.15, 0.2) is 16.8 Å². The zero-order valence-corrected chi connectivity index (χ0v) is 17.7. The Hall–Kier alpha value is -3.41. The van der Waals surface area contributed by atoms with E-state index in [1.54, 1.807) is 43.3 Å². The number of halogens is 2. The Morgan fingerprint density at radius 3 is 2.29 bits per heavy atom. The lowest BCUT2D eigenvalue weighted by atomic mass is 10.0. The fourth-order valence-electron chi connectivity index (χ4n) is 3.64. The van der Waals surface area contributed by atoms with Crippen molar-refractivity contribution < 1.29 is 4.42 Å². The maximum atomic E-state index is 13.1. The number of para-hydroxylation sites is 1. The van der Waals surface area contributed by atoms with E-state index in [-0.39, 0.29) is 27.4 Å². The normalized spacial score (nSPS) is 11.3. The van der Waals surface area contributed by atoms with E-state index in [0.717, 1.165) is 0 Å². The van der Waals surface area contributed by atoms with Gasteiger partial charge < -0.3 is 4.42 Å². The highest BCUT2D eigenvalue weighted by molar-refractivity contribution is 6.38. The predicted molar refractivity (Wildman–Crippen MR) is 124 cm³/mol. The maximum absolute atomic E-state index is 13.1. The largest absolute Gasteiger partial charge is 0.452 e. The van der Waals surface area contributed by atoms with Crippen molar-refractivity contribution in [2.75, 3.05) is 0 Å². The lowest BCUT2D eigenvalue weighted by Crippen LogP contribution is -2.22. The third kappa shape index (κ3) is 3.14. The summed E-state index contributed by atoms with van der Waals surface area (Å²) in [6.45, 7) is 1.66. The number of benzene rings is 3. The molecule has 5 nitrogen and oxygen atoms in total. The third-order valence-corrected chi connectivity index (χ3v) is 5.66. The molecule has 0 saturated carbocycles. The molecule has 7 heteroatoms. The quantitative estimate of drug-likeness (QED) is 0.343. The highest BCUT2D eigenvalue weighted by Crippen LogP contribution is 2.33. The van der Waals surface area contributed by atoms with Gasteiger partial charge in [-0.2, -0.15) is 9.78 Å². The zero-order valence-electron chi connectivity index (χ0n) is 16.2. The Labute approximate surface area is 186 Å². The van der Waals surface area contributed by atoms with Gasteiger partial charge in [0.05, 0.1) is 21.5 Å². The second-order valence-electron chi connectivity index (χ2n) is 7.10. The topological polar surface area (TPSA) is 65.1 Å². The Bertz CT molecular complexity index is 1610. The number of rotatable bonds is 2. The van der Waals surface area contributed by atoms with Crippen LogP contribution in [-0.2, 0) is 0 Å². The van der Waals surface area contributed by atoms with Gasteiger partial charge in [-0.3, -0.25) is 9.59 Å². The Morgan fingerprint density at radius 1 is 0.871 bits per heavy atom. The van der Waals surface area contributed by atoms with E-state index in [1.807, 2.05) is 18.2 Å². The van der Waals surface area contributed by atoms with Crippen LogP contribution in [0, 0.1) is 6.92 Å². The summed E-state index contributed by atoms with van der Waals surface area (Å²) in [5.74, 6) is 0.252. The summed E-state index contributed by atoms with van der Waals surface area (Å²) < 4.78 is 7.43. The lowest BCUT2D eigenvalue weighted by molar-refractivity contribution is 0.608. The highest BCUT2D eigenvalue weighted by Gasteiger charge is 2.21. The van der Waals surface area contributed by atoms with Crippen molar-refractivity contribution in [3.8, 4) is 17.1 Å². The molecule has 2 heterocycles. The monoisotopic (exact) mass is 448 g/mol. The van der Waals surface area contributed by atoms with Crippen molar-refractivity contribution in [3.63, 3.8) is 0 Å². The van der Waals surface area contributed by atoms with E-state index in [0.29, 0.717) is 38.1 Å². The molecule has 152 valence electrons. The molecule has 2 aromatic heterocycles. The first-order chi connectivity index (χ1) is 15.0. The zero-order chi connectivity index (χ0) is 21.7. The van der Waals surface area contributed by atoms with Crippen LogP contribution in [-0.4, -0.2) is 9.78 Å². The number of hydrogen-bond acceptors (Lipinski definition) is 4. The lowest BCUT2D eigenvalue weighted by Gasteiger charge is -2.13. The molecule has 31 heavy (non-hydrogen) atoms. The van der Waals surface area contributed by atoms with Crippen molar-refractivity contribution in [3.05, 3.63) is 103 Å². The van der Waals surface area contributed by atoms with Crippen molar-refractivity contribution in [2.24, 2.45) is 0 Å².